The molecule has 1 amide bonds. The van der Waals surface area contributed by atoms with Gasteiger partial charge in [0.2, 0.25) is 0 Å². The zero-order valence-electron chi connectivity index (χ0n) is 15.8. The van der Waals surface area contributed by atoms with Gasteiger partial charge >= 0.3 is 0 Å². The molecule has 6 nitrogen and oxygen atoms in total. The molecule has 2 aromatic heterocycles. The first-order valence-electron chi connectivity index (χ1n) is 9.80. The minimum absolute atomic E-state index is 0.0646. The fraction of sp³-hybridized carbons (Fsp3) is 0.600. The average molecular weight is 355 g/mol. The van der Waals surface area contributed by atoms with Gasteiger partial charge in [-0.15, -0.1) is 0 Å². The van der Waals surface area contributed by atoms with Crippen LogP contribution in [-0.2, 0) is 7.05 Å². The molecule has 140 valence electrons. The van der Waals surface area contributed by atoms with Crippen molar-refractivity contribution < 1.29 is 4.79 Å². The number of amides is 1. The second kappa shape index (κ2) is 7.27. The lowest BCUT2D eigenvalue weighted by Gasteiger charge is -2.45. The maximum atomic E-state index is 13.2. The third kappa shape index (κ3) is 3.18. The number of rotatable bonds is 4. The lowest BCUT2D eigenvalue weighted by Crippen LogP contribution is -2.51. The van der Waals surface area contributed by atoms with Gasteiger partial charge in [0.15, 0.2) is 0 Å². The van der Waals surface area contributed by atoms with Crippen LogP contribution >= 0.6 is 0 Å². The van der Waals surface area contributed by atoms with Gasteiger partial charge in [0.25, 0.3) is 5.91 Å². The largest absolute Gasteiger partial charge is 0.341 e. The van der Waals surface area contributed by atoms with E-state index in [-0.39, 0.29) is 5.91 Å². The van der Waals surface area contributed by atoms with Crippen molar-refractivity contribution in [2.24, 2.45) is 13.0 Å². The molecule has 0 aromatic carbocycles. The molecular weight excluding hydrogens is 326 g/mol. The number of piperidine rings is 2. The van der Waals surface area contributed by atoms with Crippen molar-refractivity contribution in [3.63, 3.8) is 0 Å². The molecule has 2 saturated heterocycles. The molecule has 0 bridgehead atoms. The van der Waals surface area contributed by atoms with Gasteiger partial charge in [-0.2, -0.15) is 5.10 Å². The second-order valence-corrected chi connectivity index (χ2v) is 7.78. The number of hydrogen-bond acceptors (Lipinski definition) is 3. The van der Waals surface area contributed by atoms with E-state index in [0.29, 0.717) is 17.5 Å². The molecule has 4 heterocycles. The predicted octanol–water partition coefficient (Wildman–Crippen LogP) is 2.55. The first-order chi connectivity index (χ1) is 12.6. The summed E-state index contributed by atoms with van der Waals surface area (Å²) < 4.78 is 3.72. The third-order valence-corrected chi connectivity index (χ3v) is 6.07. The Balaban J connectivity index is 1.50. The van der Waals surface area contributed by atoms with Gasteiger partial charge < -0.3 is 14.4 Å². The summed E-state index contributed by atoms with van der Waals surface area (Å²) >= 11 is 0. The molecule has 0 unspecified atom stereocenters. The Morgan fingerprint density at radius 2 is 1.96 bits per heavy atom. The van der Waals surface area contributed by atoms with Crippen molar-refractivity contribution in [1.29, 1.82) is 0 Å². The summed E-state index contributed by atoms with van der Waals surface area (Å²) in [6.45, 7) is 3.30. The molecule has 2 fully saturated rings. The summed E-state index contributed by atoms with van der Waals surface area (Å²) in [6.07, 6.45) is 12.0. The number of carbonyl (C=O) groups is 1. The van der Waals surface area contributed by atoms with Gasteiger partial charge in [-0.05, 0) is 56.8 Å². The van der Waals surface area contributed by atoms with Crippen LogP contribution in [0.4, 0.5) is 0 Å². The van der Waals surface area contributed by atoms with Crippen molar-refractivity contribution in [1.82, 2.24) is 24.1 Å². The maximum absolute atomic E-state index is 13.2. The zero-order chi connectivity index (χ0) is 18.1. The number of fused-ring (bicyclic) bond motifs is 1. The molecule has 2 atom stereocenters. The van der Waals surface area contributed by atoms with E-state index in [4.69, 9.17) is 0 Å². The quantitative estimate of drug-likeness (QED) is 0.847. The molecule has 2 aliphatic rings. The molecule has 6 heteroatoms. The highest BCUT2D eigenvalue weighted by Crippen LogP contribution is 2.31. The SMILES string of the molecule is CN(C[C@H]1CCCN2CCCC[C@@H]12)C(=O)c1cnn(C)c1-n1cccc1. The molecular formula is C20H29N5O. The summed E-state index contributed by atoms with van der Waals surface area (Å²) in [5, 5.41) is 4.33. The molecule has 0 radical (unpaired) electrons. The highest BCUT2D eigenvalue weighted by molar-refractivity contribution is 5.97. The zero-order valence-corrected chi connectivity index (χ0v) is 15.8. The standard InChI is InChI=1S/C20H29N5O/c1-22(15-16-8-7-13-24-10-4-3-9-18(16)24)20(26)17-14-21-23(2)19(17)25-11-5-6-12-25/h5-6,11-12,14,16,18H,3-4,7-10,13,15H2,1-2H3/t16-,18+/m1/s1. The lowest BCUT2D eigenvalue weighted by atomic mass is 9.83. The average Bonchev–Trinajstić information content (AvgIpc) is 3.30. The van der Waals surface area contributed by atoms with Gasteiger partial charge in [0.05, 0.1) is 6.20 Å². The van der Waals surface area contributed by atoms with Crippen LogP contribution in [0.5, 0.6) is 0 Å². The van der Waals surface area contributed by atoms with E-state index in [9.17, 15) is 4.79 Å². The van der Waals surface area contributed by atoms with Crippen molar-refractivity contribution in [3.8, 4) is 5.82 Å². The van der Waals surface area contributed by atoms with Gasteiger partial charge in [-0.3, -0.25) is 9.48 Å². The van der Waals surface area contributed by atoms with E-state index in [1.807, 2.05) is 48.1 Å². The number of carbonyl (C=O) groups excluding carboxylic acids is 1. The van der Waals surface area contributed by atoms with Crippen LogP contribution in [-0.4, -0.2) is 62.8 Å². The predicted molar refractivity (Wildman–Crippen MR) is 101 cm³/mol. The Bertz CT molecular complexity index is 748. The Morgan fingerprint density at radius 1 is 1.19 bits per heavy atom. The first kappa shape index (κ1) is 17.3. The Labute approximate surface area is 155 Å². The number of aryl methyl sites for hydroxylation is 1. The molecule has 0 N–H and O–H groups in total. The van der Waals surface area contributed by atoms with Crippen molar-refractivity contribution in [3.05, 3.63) is 36.3 Å². The summed E-state index contributed by atoms with van der Waals surface area (Å²) in [4.78, 5) is 17.7. The molecule has 0 saturated carbocycles. The van der Waals surface area contributed by atoms with Gasteiger partial charge in [0, 0.05) is 39.1 Å². The van der Waals surface area contributed by atoms with E-state index in [2.05, 4.69) is 10.00 Å². The second-order valence-electron chi connectivity index (χ2n) is 7.78. The molecule has 4 rings (SSSR count). The van der Waals surface area contributed by atoms with Crippen LogP contribution in [0.1, 0.15) is 42.5 Å². The van der Waals surface area contributed by atoms with Crippen LogP contribution < -0.4 is 0 Å². The van der Waals surface area contributed by atoms with E-state index < -0.39 is 0 Å². The Hall–Kier alpha value is -2.08. The summed E-state index contributed by atoms with van der Waals surface area (Å²) in [5.74, 6) is 1.48. The molecule has 2 aromatic rings. The smallest absolute Gasteiger partial charge is 0.259 e. The van der Waals surface area contributed by atoms with Crippen LogP contribution in [0.3, 0.4) is 0 Å². The third-order valence-electron chi connectivity index (χ3n) is 6.07. The summed E-state index contributed by atoms with van der Waals surface area (Å²) in [7, 11) is 3.82. The molecule has 2 aliphatic heterocycles. The van der Waals surface area contributed by atoms with Crippen molar-refractivity contribution in [2.45, 2.75) is 38.1 Å². The monoisotopic (exact) mass is 355 g/mol. The van der Waals surface area contributed by atoms with Crippen LogP contribution in [0.25, 0.3) is 5.82 Å². The highest BCUT2D eigenvalue weighted by Gasteiger charge is 2.34. The fourth-order valence-corrected chi connectivity index (χ4v) is 4.79. The van der Waals surface area contributed by atoms with Crippen molar-refractivity contribution >= 4 is 5.91 Å². The lowest BCUT2D eigenvalue weighted by molar-refractivity contribution is 0.0403. The summed E-state index contributed by atoms with van der Waals surface area (Å²) in [6, 6.07) is 4.58. The van der Waals surface area contributed by atoms with E-state index in [1.165, 1.54) is 45.2 Å². The topological polar surface area (TPSA) is 46.3 Å². The van der Waals surface area contributed by atoms with E-state index in [1.54, 1.807) is 10.9 Å². The number of nitrogens with zero attached hydrogens (tertiary/aromatic N) is 5. The number of hydrogen-bond donors (Lipinski definition) is 0. The van der Waals surface area contributed by atoms with Crippen LogP contribution in [0.15, 0.2) is 30.7 Å². The minimum atomic E-state index is 0.0646. The molecule has 0 spiro atoms. The van der Waals surface area contributed by atoms with Crippen molar-refractivity contribution in [2.75, 3.05) is 26.7 Å². The van der Waals surface area contributed by atoms with Crippen LogP contribution in [0.2, 0.25) is 0 Å². The highest BCUT2D eigenvalue weighted by atomic mass is 16.2. The Morgan fingerprint density at radius 3 is 2.77 bits per heavy atom. The molecule has 0 aliphatic carbocycles. The van der Waals surface area contributed by atoms with E-state index in [0.717, 1.165) is 12.4 Å². The van der Waals surface area contributed by atoms with Crippen LogP contribution in [0, 0.1) is 5.92 Å². The Kier molecular flexibility index (Phi) is 4.85. The molecule has 26 heavy (non-hydrogen) atoms. The number of aromatic nitrogens is 3. The van der Waals surface area contributed by atoms with Gasteiger partial charge in [-0.25, -0.2) is 0 Å². The normalized spacial score (nSPS) is 23.6. The fourth-order valence-electron chi connectivity index (χ4n) is 4.79. The van der Waals surface area contributed by atoms with Gasteiger partial charge in [0.1, 0.15) is 11.4 Å². The van der Waals surface area contributed by atoms with E-state index >= 15 is 0 Å². The maximum Gasteiger partial charge on any atom is 0.259 e. The minimum Gasteiger partial charge on any atom is -0.341 e. The first-order valence-corrected chi connectivity index (χ1v) is 9.80. The van der Waals surface area contributed by atoms with Gasteiger partial charge in [-0.1, -0.05) is 6.42 Å². The summed E-state index contributed by atoms with van der Waals surface area (Å²) in [5.41, 5.74) is 0.669.